The maximum Gasteiger partial charge on any atom is 0.264 e. The van der Waals surface area contributed by atoms with Crippen LogP contribution in [0.4, 0.5) is 5.69 Å². The molecular weight excluding hydrogens is 186 g/mol. The average molecular weight is 197 g/mol. The van der Waals surface area contributed by atoms with Gasteiger partial charge in [-0.3, -0.25) is 8.49 Å². The molecule has 0 spiro atoms. The highest BCUT2D eigenvalue weighted by atomic mass is 32.2. The molecule has 1 aromatic carbocycles. The summed E-state index contributed by atoms with van der Waals surface area (Å²) in [7, 11) is 0. The molecule has 0 saturated carbocycles. The molecule has 0 bridgehead atoms. The van der Waals surface area contributed by atoms with E-state index < -0.39 is 11.3 Å². The van der Waals surface area contributed by atoms with Crippen molar-refractivity contribution in [2.75, 3.05) is 10.9 Å². The van der Waals surface area contributed by atoms with Gasteiger partial charge >= 0.3 is 0 Å². The zero-order chi connectivity index (χ0) is 9.26. The first-order valence-corrected chi connectivity index (χ1v) is 5.21. The molecule has 0 aromatic heterocycles. The third-order valence-electron chi connectivity index (χ3n) is 1.98. The first-order chi connectivity index (χ1) is 6.29. The number of rotatable bonds is 1. The SMILES string of the molecule is C[C@@H]1COS(=O)N1c1ccccc1. The highest BCUT2D eigenvalue weighted by Crippen LogP contribution is 2.23. The first kappa shape index (κ1) is 8.72. The predicted octanol–water partition coefficient (Wildman–Crippen LogP) is 1.49. The maximum absolute atomic E-state index is 11.4. The summed E-state index contributed by atoms with van der Waals surface area (Å²) in [5, 5.41) is 0. The Morgan fingerprint density at radius 2 is 2.15 bits per heavy atom. The fourth-order valence-electron chi connectivity index (χ4n) is 1.34. The van der Waals surface area contributed by atoms with Crippen LogP contribution in [-0.4, -0.2) is 16.9 Å². The quantitative estimate of drug-likeness (QED) is 0.682. The van der Waals surface area contributed by atoms with Crippen LogP contribution in [0.1, 0.15) is 6.92 Å². The fourth-order valence-corrected chi connectivity index (χ4v) is 2.42. The van der Waals surface area contributed by atoms with Crippen molar-refractivity contribution in [2.45, 2.75) is 13.0 Å². The Morgan fingerprint density at radius 1 is 1.46 bits per heavy atom. The van der Waals surface area contributed by atoms with Crippen LogP contribution in [0.15, 0.2) is 30.3 Å². The lowest BCUT2D eigenvalue weighted by molar-refractivity contribution is 0.366. The third kappa shape index (κ3) is 1.59. The molecule has 1 aliphatic heterocycles. The van der Waals surface area contributed by atoms with Gasteiger partial charge in [-0.15, -0.1) is 0 Å². The van der Waals surface area contributed by atoms with Crippen LogP contribution in [-0.2, 0) is 15.4 Å². The molecule has 2 atom stereocenters. The summed E-state index contributed by atoms with van der Waals surface area (Å²) >= 11 is -1.31. The van der Waals surface area contributed by atoms with Crippen LogP contribution in [0.25, 0.3) is 0 Å². The van der Waals surface area contributed by atoms with Gasteiger partial charge < -0.3 is 0 Å². The second-order valence-electron chi connectivity index (χ2n) is 3.01. The number of hydrogen-bond donors (Lipinski definition) is 0. The monoisotopic (exact) mass is 197 g/mol. The van der Waals surface area contributed by atoms with E-state index in [4.69, 9.17) is 4.18 Å². The van der Waals surface area contributed by atoms with E-state index in [0.717, 1.165) is 5.69 Å². The number of para-hydroxylation sites is 1. The average Bonchev–Trinajstić information content (AvgIpc) is 2.48. The van der Waals surface area contributed by atoms with Crippen LogP contribution in [0.2, 0.25) is 0 Å². The predicted molar refractivity (Wildman–Crippen MR) is 52.5 cm³/mol. The van der Waals surface area contributed by atoms with E-state index in [1.165, 1.54) is 0 Å². The summed E-state index contributed by atoms with van der Waals surface area (Å²) in [5.74, 6) is 0. The lowest BCUT2D eigenvalue weighted by Crippen LogP contribution is -2.28. The van der Waals surface area contributed by atoms with Gasteiger partial charge in [-0.2, -0.15) is 0 Å². The highest BCUT2D eigenvalue weighted by Gasteiger charge is 2.28. The summed E-state index contributed by atoms with van der Waals surface area (Å²) in [6.07, 6.45) is 0. The Labute approximate surface area is 80.1 Å². The Balaban J connectivity index is 2.30. The minimum Gasteiger partial charge on any atom is -0.272 e. The lowest BCUT2D eigenvalue weighted by Gasteiger charge is -2.18. The number of nitrogens with zero attached hydrogens (tertiary/aromatic N) is 1. The molecule has 1 fully saturated rings. The largest absolute Gasteiger partial charge is 0.272 e. The summed E-state index contributed by atoms with van der Waals surface area (Å²) < 4.78 is 18.2. The molecule has 13 heavy (non-hydrogen) atoms. The van der Waals surface area contributed by atoms with E-state index in [1.807, 2.05) is 37.3 Å². The molecule has 70 valence electrons. The molecule has 1 heterocycles. The lowest BCUT2D eigenvalue weighted by atomic mass is 10.3. The molecule has 1 saturated heterocycles. The minimum atomic E-state index is -1.31. The van der Waals surface area contributed by atoms with Crippen LogP contribution in [0.5, 0.6) is 0 Å². The molecule has 0 radical (unpaired) electrons. The smallest absolute Gasteiger partial charge is 0.264 e. The molecule has 2 rings (SSSR count). The summed E-state index contributed by atoms with van der Waals surface area (Å²) in [4.78, 5) is 0. The van der Waals surface area contributed by atoms with Crippen molar-refractivity contribution in [3.05, 3.63) is 30.3 Å². The van der Waals surface area contributed by atoms with Gasteiger partial charge in [-0.1, -0.05) is 18.2 Å². The Hall–Kier alpha value is -0.870. The van der Waals surface area contributed by atoms with Crippen molar-refractivity contribution in [3.63, 3.8) is 0 Å². The van der Waals surface area contributed by atoms with Gasteiger partial charge in [-0.05, 0) is 19.1 Å². The number of hydrogen-bond acceptors (Lipinski definition) is 2. The normalized spacial score (nSPS) is 27.9. The van der Waals surface area contributed by atoms with Crippen molar-refractivity contribution in [1.82, 2.24) is 0 Å². The minimum absolute atomic E-state index is 0.184. The van der Waals surface area contributed by atoms with Crippen molar-refractivity contribution in [1.29, 1.82) is 0 Å². The molecule has 4 heteroatoms. The molecule has 1 aromatic rings. The standard InChI is InChI=1S/C9H11NO2S/c1-8-7-12-13(11)10(8)9-5-3-2-4-6-9/h2-6,8H,7H2,1H3/t8-,13?/m1/s1. The molecule has 0 N–H and O–H groups in total. The zero-order valence-corrected chi connectivity index (χ0v) is 8.16. The van der Waals surface area contributed by atoms with Crippen LogP contribution >= 0.6 is 0 Å². The van der Waals surface area contributed by atoms with E-state index in [1.54, 1.807) is 4.31 Å². The van der Waals surface area contributed by atoms with Gasteiger partial charge in [0.15, 0.2) is 0 Å². The van der Waals surface area contributed by atoms with Crippen molar-refractivity contribution in [3.8, 4) is 0 Å². The summed E-state index contributed by atoms with van der Waals surface area (Å²) in [6, 6.07) is 9.85. The third-order valence-corrected chi connectivity index (χ3v) is 3.21. The van der Waals surface area contributed by atoms with Crippen molar-refractivity contribution < 1.29 is 8.39 Å². The number of anilines is 1. The first-order valence-electron chi connectivity index (χ1n) is 4.18. The second kappa shape index (κ2) is 3.47. The molecule has 0 aliphatic carbocycles. The Bertz CT molecular complexity index is 315. The van der Waals surface area contributed by atoms with Crippen molar-refractivity contribution in [2.24, 2.45) is 0 Å². The Morgan fingerprint density at radius 3 is 2.69 bits per heavy atom. The van der Waals surface area contributed by atoms with Crippen LogP contribution < -0.4 is 4.31 Å². The molecule has 0 amide bonds. The number of benzene rings is 1. The van der Waals surface area contributed by atoms with E-state index in [-0.39, 0.29) is 6.04 Å². The van der Waals surface area contributed by atoms with E-state index >= 15 is 0 Å². The van der Waals surface area contributed by atoms with E-state index in [0.29, 0.717) is 6.61 Å². The van der Waals surface area contributed by atoms with E-state index in [2.05, 4.69) is 0 Å². The maximum atomic E-state index is 11.4. The van der Waals surface area contributed by atoms with E-state index in [9.17, 15) is 4.21 Å². The molecule has 3 nitrogen and oxygen atoms in total. The molecule has 1 aliphatic rings. The van der Waals surface area contributed by atoms with Gasteiger partial charge in [0.2, 0.25) is 0 Å². The zero-order valence-electron chi connectivity index (χ0n) is 7.34. The molecular formula is C9H11NO2S. The van der Waals surface area contributed by atoms with Gasteiger partial charge in [0.25, 0.3) is 11.3 Å². The topological polar surface area (TPSA) is 29.5 Å². The molecule has 1 unspecified atom stereocenters. The summed E-state index contributed by atoms with van der Waals surface area (Å²) in [5.41, 5.74) is 0.950. The van der Waals surface area contributed by atoms with Gasteiger partial charge in [0.05, 0.1) is 18.3 Å². The van der Waals surface area contributed by atoms with Gasteiger partial charge in [-0.25, -0.2) is 4.21 Å². The van der Waals surface area contributed by atoms with Gasteiger partial charge in [0, 0.05) is 0 Å². The Kier molecular flexibility index (Phi) is 2.33. The van der Waals surface area contributed by atoms with Crippen molar-refractivity contribution >= 4 is 17.0 Å². The highest BCUT2D eigenvalue weighted by molar-refractivity contribution is 7.82. The fraction of sp³-hybridized carbons (Fsp3) is 0.333. The van der Waals surface area contributed by atoms with Crippen LogP contribution in [0.3, 0.4) is 0 Å². The van der Waals surface area contributed by atoms with Crippen LogP contribution in [0, 0.1) is 0 Å². The second-order valence-corrected chi connectivity index (χ2v) is 4.08. The van der Waals surface area contributed by atoms with Gasteiger partial charge in [0.1, 0.15) is 0 Å². The summed E-state index contributed by atoms with van der Waals surface area (Å²) in [6.45, 7) is 2.53.